The maximum atomic E-state index is 13.6. The van der Waals surface area contributed by atoms with Gasteiger partial charge in [-0.25, -0.2) is 9.78 Å². The third kappa shape index (κ3) is 5.23. The lowest BCUT2D eigenvalue weighted by atomic mass is 9.94. The molecule has 1 aromatic heterocycles. The third-order valence-corrected chi connectivity index (χ3v) is 6.78. The van der Waals surface area contributed by atoms with Crippen LogP contribution in [0.3, 0.4) is 0 Å². The van der Waals surface area contributed by atoms with Gasteiger partial charge in [0.05, 0.1) is 10.6 Å². The number of nitrogens with zero attached hydrogens (tertiary/aromatic N) is 2. The number of hydrogen-bond donors (Lipinski definition) is 1. The second-order valence-electron chi connectivity index (χ2n) is 8.10. The lowest BCUT2D eigenvalue weighted by Crippen LogP contribution is -2.48. The molecule has 6 heteroatoms. The number of fused-ring (bicyclic) bond motifs is 1. The van der Waals surface area contributed by atoms with Crippen LogP contribution in [0.4, 0.5) is 0 Å². The minimum Gasteiger partial charge on any atom is -0.480 e. The van der Waals surface area contributed by atoms with Gasteiger partial charge in [0.1, 0.15) is 6.04 Å². The van der Waals surface area contributed by atoms with E-state index in [-0.39, 0.29) is 12.5 Å². The van der Waals surface area contributed by atoms with Crippen LogP contribution in [0.25, 0.3) is 21.7 Å². The van der Waals surface area contributed by atoms with E-state index in [1.807, 2.05) is 91.9 Å². The van der Waals surface area contributed by atoms with Crippen LogP contribution in [-0.4, -0.2) is 32.9 Å². The molecule has 0 radical (unpaired) electrons. The topological polar surface area (TPSA) is 70.5 Å². The smallest absolute Gasteiger partial charge is 0.326 e. The Morgan fingerprint density at radius 3 is 2.09 bits per heavy atom. The minimum absolute atomic E-state index is 0.257. The summed E-state index contributed by atoms with van der Waals surface area (Å²) < 4.78 is 0. The standard InChI is InChI=1S/C26H20N2O3S.C3H6/c29-25(28-16-20-14-8-7-13-19(20)15-21(28)26(30)31)24-27-22(17-9-3-1-4-10-17)23(32-24)18-11-5-2-6-12-18;1-3-2/h1-14,21H,15-16H2,(H,30,31);3H,1H2,2H3/t21-;/m0./s1. The van der Waals surface area contributed by atoms with Crippen LogP contribution in [-0.2, 0) is 17.8 Å². The summed E-state index contributed by atoms with van der Waals surface area (Å²) in [5.41, 5.74) is 4.57. The summed E-state index contributed by atoms with van der Waals surface area (Å²) in [6.45, 7) is 5.51. The van der Waals surface area contributed by atoms with E-state index in [1.165, 1.54) is 16.2 Å². The zero-order chi connectivity index (χ0) is 24.8. The van der Waals surface area contributed by atoms with Crippen molar-refractivity contribution >= 4 is 23.2 Å². The highest BCUT2D eigenvalue weighted by Crippen LogP contribution is 2.38. The molecule has 0 spiro atoms. The Bertz CT molecular complexity index is 1280. The predicted octanol–water partition coefficient (Wildman–Crippen LogP) is 6.32. The summed E-state index contributed by atoms with van der Waals surface area (Å²) >= 11 is 1.31. The second kappa shape index (κ2) is 10.9. The molecule has 5 nitrogen and oxygen atoms in total. The van der Waals surface area contributed by atoms with Crippen LogP contribution >= 0.6 is 11.3 Å². The zero-order valence-corrected chi connectivity index (χ0v) is 20.2. The molecule has 176 valence electrons. The van der Waals surface area contributed by atoms with Crippen LogP contribution in [0.15, 0.2) is 97.6 Å². The monoisotopic (exact) mass is 482 g/mol. The number of aromatic nitrogens is 1. The van der Waals surface area contributed by atoms with Crippen molar-refractivity contribution in [1.29, 1.82) is 0 Å². The number of carbonyl (C=O) groups is 2. The quantitative estimate of drug-likeness (QED) is 0.346. The first kappa shape index (κ1) is 24.1. The number of hydrogen-bond acceptors (Lipinski definition) is 4. The number of carboxylic acids is 1. The Morgan fingerprint density at radius 1 is 0.943 bits per heavy atom. The van der Waals surface area contributed by atoms with E-state index in [0.717, 1.165) is 32.8 Å². The zero-order valence-electron chi connectivity index (χ0n) is 19.4. The molecule has 5 rings (SSSR count). The SMILES string of the molecule is C=CC.O=C(O)[C@@H]1Cc2ccccc2CN1C(=O)c1nc(-c2ccccc2)c(-c2ccccc2)s1. The number of allylic oxidation sites excluding steroid dienone is 1. The van der Waals surface area contributed by atoms with Gasteiger partial charge in [0, 0.05) is 18.5 Å². The van der Waals surface area contributed by atoms with Crippen LogP contribution < -0.4 is 0 Å². The lowest BCUT2D eigenvalue weighted by Gasteiger charge is -2.33. The van der Waals surface area contributed by atoms with Gasteiger partial charge in [-0.05, 0) is 23.6 Å². The number of thiazole rings is 1. The Hall–Kier alpha value is -4.03. The molecule has 0 saturated heterocycles. The molecular weight excluding hydrogens is 456 g/mol. The van der Waals surface area contributed by atoms with Crippen molar-refractivity contribution in [3.8, 4) is 21.7 Å². The molecule has 1 aliphatic rings. The fourth-order valence-corrected chi connectivity index (χ4v) is 5.12. The maximum absolute atomic E-state index is 13.6. The van der Waals surface area contributed by atoms with Crippen molar-refractivity contribution in [2.24, 2.45) is 0 Å². The van der Waals surface area contributed by atoms with Crippen molar-refractivity contribution in [1.82, 2.24) is 9.88 Å². The molecular formula is C29H26N2O3S. The lowest BCUT2D eigenvalue weighted by molar-refractivity contribution is -0.142. The molecule has 2 heterocycles. The van der Waals surface area contributed by atoms with Crippen molar-refractivity contribution < 1.29 is 14.7 Å². The highest BCUT2D eigenvalue weighted by molar-refractivity contribution is 7.17. The molecule has 1 N–H and O–H groups in total. The van der Waals surface area contributed by atoms with Crippen LogP contribution in [0.5, 0.6) is 0 Å². The third-order valence-electron chi connectivity index (χ3n) is 5.69. The molecule has 4 aromatic rings. The highest BCUT2D eigenvalue weighted by Gasteiger charge is 2.36. The Balaban J connectivity index is 0.000000917. The molecule has 0 fully saturated rings. The number of aliphatic carboxylic acids is 1. The van der Waals surface area contributed by atoms with Gasteiger partial charge in [0.15, 0.2) is 5.01 Å². The van der Waals surface area contributed by atoms with E-state index in [9.17, 15) is 14.7 Å². The normalized spacial score (nSPS) is 14.3. The average molecular weight is 483 g/mol. The molecule has 0 aliphatic carbocycles. The summed E-state index contributed by atoms with van der Waals surface area (Å²) in [7, 11) is 0. The van der Waals surface area contributed by atoms with E-state index < -0.39 is 12.0 Å². The number of amides is 1. The van der Waals surface area contributed by atoms with Crippen LogP contribution in [0, 0.1) is 0 Å². The number of rotatable bonds is 4. The van der Waals surface area contributed by atoms with Crippen molar-refractivity contribution in [2.75, 3.05) is 0 Å². The van der Waals surface area contributed by atoms with Gasteiger partial charge >= 0.3 is 5.97 Å². The Kier molecular flexibility index (Phi) is 7.53. The predicted molar refractivity (Wildman–Crippen MR) is 140 cm³/mol. The molecule has 1 amide bonds. The van der Waals surface area contributed by atoms with Crippen molar-refractivity contribution in [3.63, 3.8) is 0 Å². The molecule has 1 aliphatic heterocycles. The fourth-order valence-electron chi connectivity index (χ4n) is 4.07. The molecule has 0 saturated carbocycles. The summed E-state index contributed by atoms with van der Waals surface area (Å²) in [5.74, 6) is -1.35. The van der Waals surface area contributed by atoms with Gasteiger partial charge in [-0.1, -0.05) is 91.0 Å². The maximum Gasteiger partial charge on any atom is 0.326 e. The van der Waals surface area contributed by atoms with E-state index in [2.05, 4.69) is 6.58 Å². The molecule has 3 aromatic carbocycles. The van der Waals surface area contributed by atoms with Gasteiger partial charge in [-0.3, -0.25) is 4.79 Å². The Morgan fingerprint density at radius 2 is 1.49 bits per heavy atom. The number of carboxylic acid groups (broad SMARTS) is 1. The molecule has 0 bridgehead atoms. The summed E-state index contributed by atoms with van der Waals surface area (Å²) in [4.78, 5) is 32.6. The number of carbonyl (C=O) groups excluding carboxylic acids is 1. The first-order valence-corrected chi connectivity index (χ1v) is 12.1. The minimum atomic E-state index is -1.00. The van der Waals surface area contributed by atoms with E-state index in [0.29, 0.717) is 11.4 Å². The fraction of sp³-hybridized carbons (Fsp3) is 0.138. The average Bonchev–Trinajstić information content (AvgIpc) is 3.34. The van der Waals surface area contributed by atoms with Crippen LogP contribution in [0.1, 0.15) is 27.9 Å². The molecule has 0 unspecified atom stereocenters. The summed E-state index contributed by atoms with van der Waals surface area (Å²) in [5, 5.41) is 10.1. The van der Waals surface area contributed by atoms with E-state index >= 15 is 0 Å². The van der Waals surface area contributed by atoms with Gasteiger partial charge in [0.25, 0.3) is 5.91 Å². The summed E-state index contributed by atoms with van der Waals surface area (Å²) in [6, 6.07) is 26.3. The molecule has 35 heavy (non-hydrogen) atoms. The summed E-state index contributed by atoms with van der Waals surface area (Å²) in [6.07, 6.45) is 2.04. The van der Waals surface area contributed by atoms with Gasteiger partial charge in [-0.2, -0.15) is 0 Å². The Labute approximate surface area is 209 Å². The first-order valence-electron chi connectivity index (χ1n) is 11.3. The van der Waals surface area contributed by atoms with Crippen LogP contribution in [0.2, 0.25) is 0 Å². The van der Waals surface area contributed by atoms with Crippen molar-refractivity contribution in [2.45, 2.75) is 25.9 Å². The van der Waals surface area contributed by atoms with Crippen molar-refractivity contribution in [3.05, 3.63) is 114 Å². The first-order chi connectivity index (χ1) is 17.0. The van der Waals surface area contributed by atoms with Gasteiger partial charge in [0.2, 0.25) is 0 Å². The van der Waals surface area contributed by atoms with Gasteiger partial charge < -0.3 is 10.0 Å². The van der Waals surface area contributed by atoms with E-state index in [1.54, 1.807) is 6.08 Å². The second-order valence-corrected chi connectivity index (χ2v) is 9.10. The number of benzene rings is 3. The molecule has 1 atom stereocenters. The largest absolute Gasteiger partial charge is 0.480 e. The van der Waals surface area contributed by atoms with Gasteiger partial charge in [-0.15, -0.1) is 17.9 Å². The highest BCUT2D eigenvalue weighted by atomic mass is 32.1. The van der Waals surface area contributed by atoms with E-state index in [4.69, 9.17) is 4.98 Å².